The zero-order valence-corrected chi connectivity index (χ0v) is 11.0. The van der Waals surface area contributed by atoms with E-state index in [2.05, 4.69) is 4.98 Å². The molecule has 1 aromatic rings. The molecule has 1 N–H and O–H groups in total. The normalized spacial score (nSPS) is 12.1. The molecule has 110 valence electrons. The van der Waals surface area contributed by atoms with Crippen LogP contribution < -0.4 is 0 Å². The standard InChI is InChI=1S/C12H13F3N2O3/c1-11(2,10(19)20)17(3)9(18)8-5-4-7(6-16-8)12(13,14)15/h4-6H,1-3H3,(H,19,20). The molecule has 1 amide bonds. The molecule has 20 heavy (non-hydrogen) atoms. The summed E-state index contributed by atoms with van der Waals surface area (Å²) in [6.07, 6.45) is -4.00. The lowest BCUT2D eigenvalue weighted by molar-refractivity contribution is -0.147. The van der Waals surface area contributed by atoms with Crippen LogP contribution in [0.3, 0.4) is 0 Å². The number of carboxylic acids is 1. The average Bonchev–Trinajstić information content (AvgIpc) is 2.35. The summed E-state index contributed by atoms with van der Waals surface area (Å²) in [7, 11) is 1.25. The molecule has 0 saturated carbocycles. The van der Waals surface area contributed by atoms with Gasteiger partial charge in [-0.1, -0.05) is 0 Å². The van der Waals surface area contributed by atoms with Gasteiger partial charge in [-0.2, -0.15) is 13.2 Å². The summed E-state index contributed by atoms with van der Waals surface area (Å²) in [4.78, 5) is 27.3. The fraction of sp³-hybridized carbons (Fsp3) is 0.417. The summed E-state index contributed by atoms with van der Waals surface area (Å²) in [5.74, 6) is -2.01. The summed E-state index contributed by atoms with van der Waals surface area (Å²) >= 11 is 0. The van der Waals surface area contributed by atoms with E-state index in [9.17, 15) is 22.8 Å². The number of amides is 1. The van der Waals surface area contributed by atoms with Crippen LogP contribution in [0.2, 0.25) is 0 Å². The maximum absolute atomic E-state index is 12.4. The van der Waals surface area contributed by atoms with Crippen LogP contribution in [0.4, 0.5) is 13.2 Å². The number of rotatable bonds is 3. The quantitative estimate of drug-likeness (QED) is 0.924. The topological polar surface area (TPSA) is 70.5 Å². The van der Waals surface area contributed by atoms with E-state index in [4.69, 9.17) is 5.11 Å². The lowest BCUT2D eigenvalue weighted by Crippen LogP contribution is -2.50. The van der Waals surface area contributed by atoms with Gasteiger partial charge in [0.1, 0.15) is 11.2 Å². The molecule has 0 fully saturated rings. The van der Waals surface area contributed by atoms with Crippen LogP contribution in [0.1, 0.15) is 29.9 Å². The van der Waals surface area contributed by atoms with Crippen molar-refractivity contribution in [2.24, 2.45) is 0 Å². The Labute approximate surface area is 113 Å². The molecule has 5 nitrogen and oxygen atoms in total. The molecule has 0 aromatic carbocycles. The number of likely N-dealkylation sites (N-methyl/N-ethyl adjacent to an activating group) is 1. The van der Waals surface area contributed by atoms with E-state index in [1.54, 1.807) is 0 Å². The molecule has 0 aliphatic heterocycles. The number of aromatic nitrogens is 1. The maximum atomic E-state index is 12.4. The molecular formula is C12H13F3N2O3. The van der Waals surface area contributed by atoms with Gasteiger partial charge < -0.3 is 10.0 Å². The maximum Gasteiger partial charge on any atom is 0.417 e. The number of alkyl halides is 3. The largest absolute Gasteiger partial charge is 0.480 e. The Bertz CT molecular complexity index is 524. The van der Waals surface area contributed by atoms with Crippen molar-refractivity contribution < 1.29 is 27.9 Å². The molecule has 1 rings (SSSR count). The number of carboxylic acid groups (broad SMARTS) is 1. The molecule has 8 heteroatoms. The summed E-state index contributed by atoms with van der Waals surface area (Å²) in [5, 5.41) is 9.00. The van der Waals surface area contributed by atoms with Gasteiger partial charge in [0.2, 0.25) is 0 Å². The minimum Gasteiger partial charge on any atom is -0.480 e. The number of carbonyl (C=O) groups is 2. The molecule has 0 bridgehead atoms. The zero-order chi connectivity index (χ0) is 15.7. The van der Waals surface area contributed by atoms with Crippen molar-refractivity contribution in [3.63, 3.8) is 0 Å². The van der Waals surface area contributed by atoms with Gasteiger partial charge in [0, 0.05) is 13.2 Å². The number of carbonyl (C=O) groups excluding carboxylic acids is 1. The Hall–Kier alpha value is -2.12. The number of pyridine rings is 1. The first-order chi connectivity index (χ1) is 8.98. The first-order valence-electron chi connectivity index (χ1n) is 5.52. The Morgan fingerprint density at radius 3 is 2.15 bits per heavy atom. The van der Waals surface area contributed by atoms with Crippen molar-refractivity contribution in [1.82, 2.24) is 9.88 Å². The first kappa shape index (κ1) is 15.9. The summed E-state index contributed by atoms with van der Waals surface area (Å²) in [6.45, 7) is 2.61. The van der Waals surface area contributed by atoms with E-state index in [1.807, 2.05) is 0 Å². The van der Waals surface area contributed by atoms with Crippen LogP contribution in [0, 0.1) is 0 Å². The molecule has 0 aliphatic rings. The van der Waals surface area contributed by atoms with E-state index >= 15 is 0 Å². The lowest BCUT2D eigenvalue weighted by Gasteiger charge is -2.31. The van der Waals surface area contributed by atoms with Gasteiger partial charge in [-0.3, -0.25) is 9.78 Å². The molecule has 1 heterocycles. The fourth-order valence-electron chi connectivity index (χ4n) is 1.26. The van der Waals surface area contributed by atoms with Gasteiger partial charge in [-0.15, -0.1) is 0 Å². The van der Waals surface area contributed by atoms with Crippen molar-refractivity contribution in [3.05, 3.63) is 29.6 Å². The van der Waals surface area contributed by atoms with Crippen LogP contribution in [-0.4, -0.2) is 39.5 Å². The molecular weight excluding hydrogens is 277 g/mol. The van der Waals surface area contributed by atoms with Gasteiger partial charge in [-0.05, 0) is 26.0 Å². The highest BCUT2D eigenvalue weighted by molar-refractivity contribution is 5.95. The second-order valence-corrected chi connectivity index (χ2v) is 4.66. The predicted octanol–water partition coefficient (Wildman–Crippen LogP) is 2.04. The second-order valence-electron chi connectivity index (χ2n) is 4.66. The minimum atomic E-state index is -4.54. The third kappa shape index (κ3) is 3.06. The lowest BCUT2D eigenvalue weighted by atomic mass is 10.0. The zero-order valence-electron chi connectivity index (χ0n) is 11.0. The molecule has 1 aromatic heterocycles. The van der Waals surface area contributed by atoms with Crippen LogP contribution in [0.5, 0.6) is 0 Å². The van der Waals surface area contributed by atoms with Gasteiger partial charge >= 0.3 is 12.1 Å². The number of hydrogen-bond acceptors (Lipinski definition) is 3. The Morgan fingerprint density at radius 1 is 1.25 bits per heavy atom. The minimum absolute atomic E-state index is 0.255. The summed E-state index contributed by atoms with van der Waals surface area (Å²) < 4.78 is 37.1. The van der Waals surface area contributed by atoms with E-state index in [1.165, 1.54) is 20.9 Å². The molecule has 0 aliphatic carbocycles. The van der Waals surface area contributed by atoms with Gasteiger partial charge in [0.15, 0.2) is 0 Å². The predicted molar refractivity (Wildman–Crippen MR) is 63.0 cm³/mol. The van der Waals surface area contributed by atoms with Crippen molar-refractivity contribution in [2.45, 2.75) is 25.6 Å². The van der Waals surface area contributed by atoms with Crippen LogP contribution in [0.15, 0.2) is 18.3 Å². The average molecular weight is 290 g/mol. The molecule has 0 radical (unpaired) electrons. The summed E-state index contributed by atoms with van der Waals surface area (Å²) in [6, 6.07) is 1.64. The second kappa shape index (κ2) is 5.10. The number of aliphatic carboxylic acids is 1. The highest BCUT2D eigenvalue weighted by Crippen LogP contribution is 2.28. The first-order valence-corrected chi connectivity index (χ1v) is 5.52. The van der Waals surface area contributed by atoms with E-state index in [-0.39, 0.29) is 5.69 Å². The summed E-state index contributed by atoms with van der Waals surface area (Å²) in [5.41, 5.74) is -2.73. The van der Waals surface area contributed by atoms with E-state index in [0.717, 1.165) is 17.0 Å². The van der Waals surface area contributed by atoms with Crippen molar-refractivity contribution in [2.75, 3.05) is 7.05 Å². The molecule has 0 saturated heterocycles. The van der Waals surface area contributed by atoms with Gasteiger partial charge in [0.25, 0.3) is 5.91 Å². The van der Waals surface area contributed by atoms with Crippen LogP contribution in [-0.2, 0) is 11.0 Å². The van der Waals surface area contributed by atoms with Gasteiger partial charge in [0.05, 0.1) is 5.56 Å². The third-order valence-corrected chi connectivity index (χ3v) is 2.98. The Kier molecular flexibility index (Phi) is 4.07. The monoisotopic (exact) mass is 290 g/mol. The van der Waals surface area contributed by atoms with Crippen molar-refractivity contribution in [3.8, 4) is 0 Å². The SMILES string of the molecule is CN(C(=O)c1ccc(C(F)(F)F)cn1)C(C)(C)C(=O)O. The van der Waals surface area contributed by atoms with E-state index < -0.39 is 29.2 Å². The highest BCUT2D eigenvalue weighted by atomic mass is 19.4. The smallest absolute Gasteiger partial charge is 0.417 e. The Morgan fingerprint density at radius 2 is 1.80 bits per heavy atom. The number of hydrogen-bond donors (Lipinski definition) is 1. The molecule has 0 spiro atoms. The Balaban J connectivity index is 3.02. The van der Waals surface area contributed by atoms with E-state index in [0.29, 0.717) is 6.20 Å². The highest BCUT2D eigenvalue weighted by Gasteiger charge is 2.36. The van der Waals surface area contributed by atoms with Gasteiger partial charge in [-0.25, -0.2) is 4.79 Å². The number of nitrogens with zero attached hydrogens (tertiary/aromatic N) is 2. The number of halogens is 3. The molecule has 0 atom stereocenters. The third-order valence-electron chi connectivity index (χ3n) is 2.98. The van der Waals surface area contributed by atoms with Crippen molar-refractivity contribution >= 4 is 11.9 Å². The van der Waals surface area contributed by atoms with Crippen LogP contribution >= 0.6 is 0 Å². The van der Waals surface area contributed by atoms with Crippen LogP contribution in [0.25, 0.3) is 0 Å². The fourth-order valence-corrected chi connectivity index (χ4v) is 1.26. The molecule has 0 unspecified atom stereocenters. The van der Waals surface area contributed by atoms with Crippen molar-refractivity contribution in [1.29, 1.82) is 0 Å².